The third-order valence-electron chi connectivity index (χ3n) is 3.69. The molecule has 1 saturated heterocycles. The van der Waals surface area contributed by atoms with Crippen LogP contribution < -0.4 is 10.1 Å². The van der Waals surface area contributed by atoms with Crippen molar-refractivity contribution in [2.75, 3.05) is 13.2 Å². The molecule has 1 N–H and O–H groups in total. The summed E-state index contributed by atoms with van der Waals surface area (Å²) >= 11 is 0. The molecule has 0 bridgehead atoms. The lowest BCUT2D eigenvalue weighted by molar-refractivity contribution is -0.0121. The second-order valence-corrected chi connectivity index (χ2v) is 5.42. The van der Waals surface area contributed by atoms with E-state index in [0.29, 0.717) is 12.6 Å². The zero-order valence-electron chi connectivity index (χ0n) is 11.3. The van der Waals surface area contributed by atoms with E-state index in [1.807, 2.05) is 6.07 Å². The smallest absolute Gasteiger partial charge is 0.217 e. The minimum absolute atomic E-state index is 0.236. The maximum Gasteiger partial charge on any atom is 0.217 e. The molecule has 0 aromatic carbocycles. The normalized spacial score (nSPS) is 23.3. The molecule has 19 heavy (non-hydrogen) atoms. The van der Waals surface area contributed by atoms with Gasteiger partial charge in [0.25, 0.3) is 0 Å². The van der Waals surface area contributed by atoms with Crippen molar-refractivity contribution in [3.8, 4) is 5.88 Å². The van der Waals surface area contributed by atoms with Crippen LogP contribution in [0.15, 0.2) is 18.3 Å². The third-order valence-corrected chi connectivity index (χ3v) is 3.69. The molecule has 4 nitrogen and oxygen atoms in total. The minimum atomic E-state index is 0.236. The molecular weight excluding hydrogens is 240 g/mol. The van der Waals surface area contributed by atoms with E-state index in [-0.39, 0.29) is 6.10 Å². The Bertz CT molecular complexity index is 401. The Labute approximate surface area is 114 Å². The van der Waals surface area contributed by atoms with Gasteiger partial charge in [-0.2, -0.15) is 0 Å². The molecule has 4 heteroatoms. The summed E-state index contributed by atoms with van der Waals surface area (Å²) in [4.78, 5) is 4.34. The molecule has 1 aromatic heterocycles. The number of aromatic nitrogens is 1. The summed E-state index contributed by atoms with van der Waals surface area (Å²) in [6.45, 7) is 2.33. The number of pyridine rings is 1. The topological polar surface area (TPSA) is 43.4 Å². The molecule has 1 atom stereocenters. The first kappa shape index (κ1) is 12.9. The maximum absolute atomic E-state index is 5.85. The van der Waals surface area contributed by atoms with Crippen LogP contribution in [0.2, 0.25) is 0 Å². The predicted octanol–water partition coefficient (Wildman–Crippen LogP) is 2.28. The van der Waals surface area contributed by atoms with Crippen molar-refractivity contribution < 1.29 is 9.47 Å². The van der Waals surface area contributed by atoms with Crippen LogP contribution in [0, 0.1) is 0 Å². The first-order chi connectivity index (χ1) is 9.42. The highest BCUT2D eigenvalue weighted by molar-refractivity contribution is 5.25. The van der Waals surface area contributed by atoms with Crippen LogP contribution in [0.25, 0.3) is 0 Å². The minimum Gasteiger partial charge on any atom is -0.475 e. The second-order valence-electron chi connectivity index (χ2n) is 5.42. The van der Waals surface area contributed by atoms with Crippen molar-refractivity contribution in [1.29, 1.82) is 0 Å². The molecule has 1 aliphatic heterocycles. The lowest BCUT2D eigenvalue weighted by Crippen LogP contribution is -2.26. The average Bonchev–Trinajstić information content (AvgIpc) is 3.29. The van der Waals surface area contributed by atoms with Gasteiger partial charge in [0.1, 0.15) is 6.61 Å². The van der Waals surface area contributed by atoms with Crippen LogP contribution in [0.1, 0.15) is 37.7 Å². The number of nitrogens with one attached hydrogen (secondary N) is 1. The average molecular weight is 262 g/mol. The molecule has 0 spiro atoms. The Kier molecular flexibility index (Phi) is 4.30. The molecule has 0 radical (unpaired) electrons. The molecular formula is C15H22N2O2. The van der Waals surface area contributed by atoms with E-state index in [0.717, 1.165) is 31.0 Å². The van der Waals surface area contributed by atoms with Gasteiger partial charge < -0.3 is 14.8 Å². The van der Waals surface area contributed by atoms with Gasteiger partial charge in [0.2, 0.25) is 5.88 Å². The quantitative estimate of drug-likeness (QED) is 0.854. The number of rotatable bonds is 6. The Balaban J connectivity index is 1.52. The van der Waals surface area contributed by atoms with E-state index in [1.54, 1.807) is 6.20 Å². The molecule has 1 unspecified atom stereocenters. The van der Waals surface area contributed by atoms with E-state index >= 15 is 0 Å². The highest BCUT2D eigenvalue weighted by Gasteiger charge is 2.21. The van der Waals surface area contributed by atoms with Crippen LogP contribution in [0.3, 0.4) is 0 Å². The van der Waals surface area contributed by atoms with Crippen molar-refractivity contribution in [1.82, 2.24) is 10.3 Å². The number of ether oxygens (including phenoxy) is 2. The SMILES string of the molecule is c1cnc(OCC2CCCCO2)c(CNC2CC2)c1. The van der Waals surface area contributed by atoms with Crippen LogP contribution in [0.4, 0.5) is 0 Å². The molecule has 1 aliphatic carbocycles. The molecule has 104 valence electrons. The number of hydrogen-bond acceptors (Lipinski definition) is 4. The summed E-state index contributed by atoms with van der Waals surface area (Å²) in [6.07, 6.45) is 8.14. The first-order valence-electron chi connectivity index (χ1n) is 7.33. The predicted molar refractivity (Wildman–Crippen MR) is 73.2 cm³/mol. The van der Waals surface area contributed by atoms with E-state index in [1.165, 1.54) is 25.7 Å². The second kappa shape index (κ2) is 6.35. The van der Waals surface area contributed by atoms with E-state index in [9.17, 15) is 0 Å². The summed E-state index contributed by atoms with van der Waals surface area (Å²) in [5, 5.41) is 3.50. The molecule has 2 aliphatic rings. The largest absolute Gasteiger partial charge is 0.475 e. The highest BCUT2D eigenvalue weighted by Crippen LogP contribution is 2.22. The van der Waals surface area contributed by atoms with Crippen molar-refractivity contribution >= 4 is 0 Å². The summed E-state index contributed by atoms with van der Waals surface area (Å²) in [5.41, 5.74) is 1.14. The van der Waals surface area contributed by atoms with Crippen molar-refractivity contribution in [3.05, 3.63) is 23.9 Å². The molecule has 1 saturated carbocycles. The van der Waals surface area contributed by atoms with Gasteiger partial charge in [0, 0.05) is 31.0 Å². The monoisotopic (exact) mass is 262 g/mol. The Morgan fingerprint density at radius 2 is 2.26 bits per heavy atom. The lowest BCUT2D eigenvalue weighted by atomic mass is 10.1. The number of hydrogen-bond donors (Lipinski definition) is 1. The van der Waals surface area contributed by atoms with Gasteiger partial charge in [-0.15, -0.1) is 0 Å². The van der Waals surface area contributed by atoms with Gasteiger partial charge in [-0.05, 0) is 38.2 Å². The van der Waals surface area contributed by atoms with E-state index in [4.69, 9.17) is 9.47 Å². The fraction of sp³-hybridized carbons (Fsp3) is 0.667. The van der Waals surface area contributed by atoms with Crippen LogP contribution in [0.5, 0.6) is 5.88 Å². The standard InChI is InChI=1S/C15H22N2O2/c1-2-9-18-14(5-1)11-19-15-12(4-3-8-16-15)10-17-13-6-7-13/h3-4,8,13-14,17H,1-2,5-7,9-11H2. The Morgan fingerprint density at radius 3 is 3.05 bits per heavy atom. The lowest BCUT2D eigenvalue weighted by Gasteiger charge is -2.22. The van der Waals surface area contributed by atoms with Gasteiger partial charge in [-0.25, -0.2) is 4.98 Å². The zero-order valence-corrected chi connectivity index (χ0v) is 11.3. The first-order valence-corrected chi connectivity index (χ1v) is 7.33. The van der Waals surface area contributed by atoms with Crippen LogP contribution in [-0.2, 0) is 11.3 Å². The Morgan fingerprint density at radius 1 is 1.32 bits per heavy atom. The highest BCUT2D eigenvalue weighted by atomic mass is 16.5. The molecule has 2 heterocycles. The van der Waals surface area contributed by atoms with Crippen LogP contribution in [-0.4, -0.2) is 30.3 Å². The molecule has 2 fully saturated rings. The van der Waals surface area contributed by atoms with Gasteiger partial charge in [-0.1, -0.05) is 6.07 Å². The fourth-order valence-corrected chi connectivity index (χ4v) is 2.34. The van der Waals surface area contributed by atoms with Gasteiger partial charge in [0.15, 0.2) is 0 Å². The molecule has 3 rings (SSSR count). The van der Waals surface area contributed by atoms with E-state index < -0.39 is 0 Å². The summed E-state index contributed by atoms with van der Waals surface area (Å²) in [7, 11) is 0. The summed E-state index contributed by atoms with van der Waals surface area (Å²) in [6, 6.07) is 4.75. The Hall–Kier alpha value is -1.13. The fourth-order valence-electron chi connectivity index (χ4n) is 2.34. The molecule has 0 amide bonds. The van der Waals surface area contributed by atoms with E-state index in [2.05, 4.69) is 16.4 Å². The summed E-state index contributed by atoms with van der Waals surface area (Å²) < 4.78 is 11.5. The maximum atomic E-state index is 5.85. The van der Waals surface area contributed by atoms with Crippen molar-refractivity contribution in [2.45, 2.75) is 50.8 Å². The van der Waals surface area contributed by atoms with Gasteiger partial charge in [-0.3, -0.25) is 0 Å². The zero-order chi connectivity index (χ0) is 12.9. The van der Waals surface area contributed by atoms with Crippen LogP contribution >= 0.6 is 0 Å². The van der Waals surface area contributed by atoms with Crippen molar-refractivity contribution in [2.24, 2.45) is 0 Å². The molecule has 1 aromatic rings. The van der Waals surface area contributed by atoms with Gasteiger partial charge in [0.05, 0.1) is 6.10 Å². The summed E-state index contributed by atoms with van der Waals surface area (Å²) in [5.74, 6) is 0.754. The van der Waals surface area contributed by atoms with Crippen molar-refractivity contribution in [3.63, 3.8) is 0 Å². The van der Waals surface area contributed by atoms with Gasteiger partial charge >= 0.3 is 0 Å². The third kappa shape index (κ3) is 3.91. The number of nitrogens with zero attached hydrogens (tertiary/aromatic N) is 1.